The number of hydrogen-bond acceptors (Lipinski definition) is 5. The number of ether oxygens (including phenoxy) is 1. The normalized spacial score (nSPS) is 10.7. The Kier molecular flexibility index (Phi) is 4.70. The van der Waals surface area contributed by atoms with Crippen molar-refractivity contribution in [1.82, 2.24) is 10.2 Å². The number of hydrogen-bond donors (Lipinski definition) is 3. The Morgan fingerprint density at radius 2 is 1.59 bits per heavy atom. The Morgan fingerprint density at radius 1 is 0.931 bits per heavy atom. The number of benzene rings is 3. The molecule has 0 radical (unpaired) electrons. The number of nitrogens with zero attached hydrogens (tertiary/aromatic N) is 1. The lowest BCUT2D eigenvalue weighted by Crippen LogP contribution is -2.12. The SMILES string of the molecule is COC(=O)c1ccc(C(=O)Nc2n[nH]c3cc(-c4ccc(O)cc4)ccc23)cc1. The Morgan fingerprint density at radius 3 is 2.28 bits per heavy atom. The highest BCUT2D eigenvalue weighted by molar-refractivity contribution is 6.08. The fourth-order valence-corrected chi connectivity index (χ4v) is 3.00. The molecule has 4 aromatic rings. The molecule has 0 bridgehead atoms. The first-order valence-electron chi connectivity index (χ1n) is 8.82. The summed E-state index contributed by atoms with van der Waals surface area (Å²) in [6.45, 7) is 0. The largest absolute Gasteiger partial charge is 0.508 e. The van der Waals surface area contributed by atoms with E-state index in [1.54, 1.807) is 24.3 Å². The minimum absolute atomic E-state index is 0.209. The van der Waals surface area contributed by atoms with Crippen LogP contribution in [0.15, 0.2) is 66.7 Å². The van der Waals surface area contributed by atoms with Gasteiger partial charge in [-0.05, 0) is 59.7 Å². The van der Waals surface area contributed by atoms with Crippen molar-refractivity contribution < 1.29 is 19.4 Å². The van der Waals surface area contributed by atoms with E-state index in [4.69, 9.17) is 0 Å². The van der Waals surface area contributed by atoms with E-state index < -0.39 is 5.97 Å². The summed E-state index contributed by atoms with van der Waals surface area (Å²) in [6.07, 6.45) is 0. The van der Waals surface area contributed by atoms with Crippen LogP contribution in [0, 0.1) is 0 Å². The molecule has 0 saturated carbocycles. The molecule has 144 valence electrons. The van der Waals surface area contributed by atoms with Crippen LogP contribution in [0.3, 0.4) is 0 Å². The smallest absolute Gasteiger partial charge is 0.337 e. The number of carbonyl (C=O) groups excluding carboxylic acids is 2. The molecule has 1 amide bonds. The number of carbonyl (C=O) groups is 2. The molecule has 3 N–H and O–H groups in total. The summed E-state index contributed by atoms with van der Waals surface area (Å²) in [5, 5.41) is 20.1. The molecule has 0 unspecified atom stereocenters. The van der Waals surface area contributed by atoms with Crippen LogP contribution in [0.2, 0.25) is 0 Å². The number of esters is 1. The van der Waals surface area contributed by atoms with E-state index in [1.165, 1.54) is 19.2 Å². The van der Waals surface area contributed by atoms with E-state index >= 15 is 0 Å². The third-order valence-corrected chi connectivity index (χ3v) is 4.56. The molecule has 0 aliphatic heterocycles. The molecule has 0 saturated heterocycles. The first kappa shape index (κ1) is 18.2. The third-order valence-electron chi connectivity index (χ3n) is 4.56. The van der Waals surface area contributed by atoms with Crippen LogP contribution >= 0.6 is 0 Å². The van der Waals surface area contributed by atoms with Gasteiger partial charge in [0.1, 0.15) is 5.75 Å². The maximum atomic E-state index is 12.5. The molecule has 3 aromatic carbocycles. The highest BCUT2D eigenvalue weighted by Gasteiger charge is 2.13. The predicted octanol–water partition coefficient (Wildman–Crippen LogP) is 3.97. The van der Waals surface area contributed by atoms with Crippen LogP contribution in [-0.4, -0.2) is 34.3 Å². The molecule has 0 aliphatic rings. The molecule has 7 heteroatoms. The van der Waals surface area contributed by atoms with E-state index in [-0.39, 0.29) is 11.7 Å². The van der Waals surface area contributed by atoms with Crippen molar-refractivity contribution in [3.8, 4) is 16.9 Å². The zero-order valence-corrected chi connectivity index (χ0v) is 15.5. The van der Waals surface area contributed by atoms with Gasteiger partial charge in [0.2, 0.25) is 0 Å². The minimum atomic E-state index is -0.459. The summed E-state index contributed by atoms with van der Waals surface area (Å²) >= 11 is 0. The minimum Gasteiger partial charge on any atom is -0.508 e. The molecule has 4 rings (SSSR count). The van der Waals surface area contributed by atoms with Crippen molar-refractivity contribution in [2.45, 2.75) is 0 Å². The van der Waals surface area contributed by atoms with Gasteiger partial charge < -0.3 is 15.2 Å². The molecule has 29 heavy (non-hydrogen) atoms. The van der Waals surface area contributed by atoms with Crippen molar-refractivity contribution in [3.63, 3.8) is 0 Å². The van der Waals surface area contributed by atoms with Crippen molar-refractivity contribution in [1.29, 1.82) is 0 Å². The number of H-pyrrole nitrogens is 1. The number of aromatic hydroxyl groups is 1. The molecule has 0 aliphatic carbocycles. The van der Waals surface area contributed by atoms with Crippen LogP contribution in [-0.2, 0) is 4.74 Å². The highest BCUT2D eigenvalue weighted by Crippen LogP contribution is 2.28. The van der Waals surface area contributed by atoms with Crippen molar-refractivity contribution >= 4 is 28.6 Å². The molecular formula is C22H17N3O4. The fourth-order valence-electron chi connectivity index (χ4n) is 3.00. The van der Waals surface area contributed by atoms with E-state index in [9.17, 15) is 14.7 Å². The van der Waals surface area contributed by atoms with E-state index in [2.05, 4.69) is 20.3 Å². The van der Waals surface area contributed by atoms with Gasteiger partial charge in [0.15, 0.2) is 5.82 Å². The van der Waals surface area contributed by atoms with Crippen LogP contribution in [0.1, 0.15) is 20.7 Å². The first-order chi connectivity index (χ1) is 14.0. The van der Waals surface area contributed by atoms with Crippen LogP contribution in [0.5, 0.6) is 5.75 Å². The second-order valence-corrected chi connectivity index (χ2v) is 6.40. The Bertz CT molecular complexity index is 1200. The van der Waals surface area contributed by atoms with Crippen molar-refractivity contribution in [3.05, 3.63) is 77.9 Å². The summed E-state index contributed by atoms with van der Waals surface area (Å²) in [7, 11) is 1.30. The van der Waals surface area contributed by atoms with Gasteiger partial charge in [-0.2, -0.15) is 5.10 Å². The molecule has 0 fully saturated rings. The Labute approximate surface area is 166 Å². The lowest BCUT2D eigenvalue weighted by Gasteiger charge is -2.05. The number of anilines is 1. The van der Waals surface area contributed by atoms with Gasteiger partial charge in [-0.1, -0.05) is 18.2 Å². The molecule has 1 aromatic heterocycles. The average molecular weight is 387 g/mol. The molecule has 0 atom stereocenters. The Hall–Kier alpha value is -4.13. The number of phenols is 1. The number of aromatic amines is 1. The van der Waals surface area contributed by atoms with Gasteiger partial charge in [-0.25, -0.2) is 4.79 Å². The monoisotopic (exact) mass is 387 g/mol. The summed E-state index contributed by atoms with van der Waals surface area (Å²) in [6, 6.07) is 18.8. The Balaban J connectivity index is 1.56. The number of phenolic OH excluding ortho intramolecular Hbond substituents is 1. The van der Waals surface area contributed by atoms with Gasteiger partial charge in [0.05, 0.1) is 18.2 Å². The zero-order chi connectivity index (χ0) is 20.4. The predicted molar refractivity (Wildman–Crippen MR) is 109 cm³/mol. The second-order valence-electron chi connectivity index (χ2n) is 6.40. The summed E-state index contributed by atoms with van der Waals surface area (Å²) in [5.74, 6) is -0.169. The standard InChI is InChI=1S/C22H17N3O4/c1-29-22(28)15-4-2-14(3-5-15)21(27)23-20-18-11-8-16(12-19(18)24-25-20)13-6-9-17(26)10-7-13/h2-12,26H,1H3,(H2,23,24,25,27). The van der Waals surface area contributed by atoms with E-state index in [1.807, 2.05) is 30.3 Å². The molecule has 1 heterocycles. The highest BCUT2D eigenvalue weighted by atomic mass is 16.5. The van der Waals surface area contributed by atoms with Crippen LogP contribution in [0.25, 0.3) is 22.0 Å². The number of aromatic nitrogens is 2. The van der Waals surface area contributed by atoms with Crippen molar-refractivity contribution in [2.24, 2.45) is 0 Å². The molecule has 0 spiro atoms. The maximum absolute atomic E-state index is 12.5. The summed E-state index contributed by atoms with van der Waals surface area (Å²) in [5.41, 5.74) is 3.45. The zero-order valence-electron chi connectivity index (χ0n) is 15.5. The third kappa shape index (κ3) is 3.66. The average Bonchev–Trinajstić information content (AvgIpc) is 3.15. The van der Waals surface area contributed by atoms with Gasteiger partial charge in [0.25, 0.3) is 5.91 Å². The lowest BCUT2D eigenvalue weighted by atomic mass is 10.0. The number of amides is 1. The van der Waals surface area contributed by atoms with E-state index in [0.717, 1.165) is 22.0 Å². The van der Waals surface area contributed by atoms with Gasteiger partial charge in [-0.15, -0.1) is 0 Å². The van der Waals surface area contributed by atoms with Crippen LogP contribution < -0.4 is 5.32 Å². The number of fused-ring (bicyclic) bond motifs is 1. The van der Waals surface area contributed by atoms with Crippen LogP contribution in [0.4, 0.5) is 5.82 Å². The fraction of sp³-hybridized carbons (Fsp3) is 0.0455. The lowest BCUT2D eigenvalue weighted by molar-refractivity contribution is 0.0600. The van der Waals surface area contributed by atoms with Gasteiger partial charge in [-0.3, -0.25) is 9.89 Å². The molecular weight excluding hydrogens is 370 g/mol. The number of rotatable bonds is 4. The second kappa shape index (κ2) is 7.47. The number of methoxy groups -OCH3 is 1. The first-order valence-corrected chi connectivity index (χ1v) is 8.82. The number of nitrogens with one attached hydrogen (secondary N) is 2. The van der Waals surface area contributed by atoms with Gasteiger partial charge >= 0.3 is 5.97 Å². The molecule has 7 nitrogen and oxygen atoms in total. The van der Waals surface area contributed by atoms with E-state index in [0.29, 0.717) is 16.9 Å². The maximum Gasteiger partial charge on any atom is 0.337 e. The topological polar surface area (TPSA) is 104 Å². The van der Waals surface area contributed by atoms with Gasteiger partial charge in [0, 0.05) is 10.9 Å². The van der Waals surface area contributed by atoms with Crippen molar-refractivity contribution in [2.75, 3.05) is 12.4 Å². The summed E-state index contributed by atoms with van der Waals surface area (Å²) in [4.78, 5) is 24.0. The summed E-state index contributed by atoms with van der Waals surface area (Å²) < 4.78 is 4.65. The quantitative estimate of drug-likeness (QED) is 0.460.